The lowest BCUT2D eigenvalue weighted by molar-refractivity contribution is 0.0627. The molecule has 0 unspecified atom stereocenters. The number of anilines is 1. The molecule has 1 fully saturated rings. The molecule has 0 radical (unpaired) electrons. The lowest BCUT2D eigenvalue weighted by atomic mass is 10.1. The number of rotatable bonds is 8. The van der Waals surface area contributed by atoms with Crippen LogP contribution in [0.2, 0.25) is 0 Å². The Bertz CT molecular complexity index is 1580. The van der Waals surface area contributed by atoms with Gasteiger partial charge in [0.1, 0.15) is 16.4 Å². The van der Waals surface area contributed by atoms with Crippen LogP contribution in [0.5, 0.6) is 11.5 Å². The van der Waals surface area contributed by atoms with Crippen LogP contribution in [0.15, 0.2) is 83.9 Å². The maximum Gasteiger partial charge on any atom is 0.264 e. The average Bonchev–Trinajstić information content (AvgIpc) is 2.97. The second-order valence-corrected chi connectivity index (χ2v) is 10.9. The van der Waals surface area contributed by atoms with Crippen LogP contribution in [-0.2, 0) is 16.6 Å². The zero-order chi connectivity index (χ0) is 27.4. The van der Waals surface area contributed by atoms with Gasteiger partial charge in [-0.2, -0.15) is 0 Å². The van der Waals surface area contributed by atoms with Crippen LogP contribution in [-0.4, -0.2) is 69.5 Å². The van der Waals surface area contributed by atoms with Crippen molar-refractivity contribution < 1.29 is 22.7 Å². The van der Waals surface area contributed by atoms with Gasteiger partial charge in [-0.15, -0.1) is 0 Å². The quantitative estimate of drug-likeness (QED) is 0.356. The van der Waals surface area contributed by atoms with Crippen molar-refractivity contribution in [1.29, 1.82) is 0 Å². The number of pyridine rings is 1. The smallest absolute Gasteiger partial charge is 0.264 e. The summed E-state index contributed by atoms with van der Waals surface area (Å²) in [6.07, 6.45) is 1.57. The third kappa shape index (κ3) is 5.81. The average molecular weight is 547 g/mol. The fourth-order valence-corrected chi connectivity index (χ4v) is 5.96. The number of para-hydroxylation sites is 1. The minimum Gasteiger partial charge on any atom is -0.497 e. The predicted molar refractivity (Wildman–Crippen MR) is 150 cm³/mol. The molecule has 1 aromatic heterocycles. The number of nitrogens with zero attached hydrogens (tertiary/aromatic N) is 3. The molecular weight excluding hydrogens is 516 g/mol. The number of methoxy groups -OCH3 is 2. The molecule has 1 aliphatic heterocycles. The summed E-state index contributed by atoms with van der Waals surface area (Å²) in [6, 6.07) is 20.9. The first kappa shape index (κ1) is 26.5. The van der Waals surface area contributed by atoms with Crippen molar-refractivity contribution in [2.75, 3.05) is 45.1 Å². The zero-order valence-electron chi connectivity index (χ0n) is 21.8. The molecular formula is C29H30N4O5S. The van der Waals surface area contributed by atoms with Crippen molar-refractivity contribution in [1.82, 2.24) is 14.8 Å². The van der Waals surface area contributed by atoms with Crippen molar-refractivity contribution >= 4 is 32.5 Å². The SMILES string of the molecule is COc1ccc(OC)c(CN2CCN(C(=O)c3ccc(NS(=O)(=O)c4cccc5cccnc45)cc3)CC2)c1. The van der Waals surface area contributed by atoms with Gasteiger partial charge in [-0.05, 0) is 54.6 Å². The second kappa shape index (κ2) is 11.3. The van der Waals surface area contributed by atoms with Crippen LogP contribution < -0.4 is 14.2 Å². The summed E-state index contributed by atoms with van der Waals surface area (Å²) >= 11 is 0. The van der Waals surface area contributed by atoms with Crippen LogP contribution in [0.1, 0.15) is 15.9 Å². The van der Waals surface area contributed by atoms with E-state index in [9.17, 15) is 13.2 Å². The summed E-state index contributed by atoms with van der Waals surface area (Å²) in [4.78, 5) is 21.6. The molecule has 4 aromatic rings. The molecule has 9 nitrogen and oxygen atoms in total. The highest BCUT2D eigenvalue weighted by molar-refractivity contribution is 7.93. The summed E-state index contributed by atoms with van der Waals surface area (Å²) in [7, 11) is -0.575. The number of carbonyl (C=O) groups is 1. The van der Waals surface area contributed by atoms with Gasteiger partial charge in [0.25, 0.3) is 15.9 Å². The molecule has 202 valence electrons. The number of amides is 1. The summed E-state index contributed by atoms with van der Waals surface area (Å²) in [6.45, 7) is 3.33. The molecule has 5 rings (SSSR count). The summed E-state index contributed by atoms with van der Waals surface area (Å²) < 4.78 is 39.6. The number of ether oxygens (including phenoxy) is 2. The largest absolute Gasteiger partial charge is 0.497 e. The lowest BCUT2D eigenvalue weighted by Crippen LogP contribution is -2.48. The number of aromatic nitrogens is 1. The minimum atomic E-state index is -3.87. The first-order chi connectivity index (χ1) is 18.9. The summed E-state index contributed by atoms with van der Waals surface area (Å²) in [5.74, 6) is 1.50. The van der Waals surface area contributed by atoms with Crippen LogP contribution >= 0.6 is 0 Å². The fourth-order valence-electron chi connectivity index (χ4n) is 4.72. The fraction of sp³-hybridized carbons (Fsp3) is 0.241. The molecule has 10 heteroatoms. The van der Waals surface area contributed by atoms with Gasteiger partial charge in [-0.25, -0.2) is 8.42 Å². The molecule has 0 saturated carbocycles. The zero-order valence-corrected chi connectivity index (χ0v) is 22.6. The Morgan fingerprint density at radius 1 is 0.923 bits per heavy atom. The van der Waals surface area contributed by atoms with Crippen LogP contribution in [0.25, 0.3) is 10.9 Å². The number of carbonyl (C=O) groups excluding carboxylic acids is 1. The van der Waals surface area contributed by atoms with E-state index in [1.165, 1.54) is 6.07 Å². The summed E-state index contributed by atoms with van der Waals surface area (Å²) in [5, 5.41) is 0.740. The minimum absolute atomic E-state index is 0.0822. The lowest BCUT2D eigenvalue weighted by Gasteiger charge is -2.35. The molecule has 0 spiro atoms. The number of hydrogen-bond acceptors (Lipinski definition) is 7. The Morgan fingerprint density at radius 2 is 1.67 bits per heavy atom. The molecule has 39 heavy (non-hydrogen) atoms. The third-order valence-electron chi connectivity index (χ3n) is 6.81. The van der Waals surface area contributed by atoms with Crippen molar-refractivity contribution in [3.8, 4) is 11.5 Å². The van der Waals surface area contributed by atoms with E-state index in [2.05, 4.69) is 14.6 Å². The monoisotopic (exact) mass is 546 g/mol. The number of sulfonamides is 1. The van der Waals surface area contributed by atoms with Gasteiger partial charge in [0.2, 0.25) is 0 Å². The Kier molecular flexibility index (Phi) is 7.67. The Labute approximate surface area is 228 Å². The van der Waals surface area contributed by atoms with Crippen LogP contribution in [0, 0.1) is 0 Å². The van der Waals surface area contributed by atoms with E-state index < -0.39 is 10.0 Å². The van der Waals surface area contributed by atoms with Crippen molar-refractivity contribution in [2.45, 2.75) is 11.4 Å². The number of fused-ring (bicyclic) bond motifs is 1. The first-order valence-corrected chi connectivity index (χ1v) is 14.1. The van der Waals surface area contributed by atoms with Crippen molar-refractivity contribution in [2.24, 2.45) is 0 Å². The van der Waals surface area contributed by atoms with Gasteiger partial charge in [0.15, 0.2) is 0 Å². The van der Waals surface area contributed by atoms with Gasteiger partial charge in [0.05, 0.1) is 19.7 Å². The molecule has 3 aromatic carbocycles. The molecule has 1 amide bonds. The summed E-state index contributed by atoms with van der Waals surface area (Å²) in [5.41, 5.74) is 2.32. The number of nitrogens with one attached hydrogen (secondary N) is 1. The predicted octanol–water partition coefficient (Wildman–Crippen LogP) is 4.01. The van der Waals surface area contributed by atoms with E-state index in [4.69, 9.17) is 9.47 Å². The second-order valence-electron chi connectivity index (χ2n) is 9.26. The standard InChI is InChI=1S/C29H30N4O5S/c1-37-25-12-13-26(38-2)23(19-25)20-32-15-17-33(18-16-32)29(34)22-8-10-24(11-9-22)31-39(35,36)27-7-3-5-21-6-4-14-30-28(21)27/h3-14,19,31H,15-18,20H2,1-2H3. The Hall–Kier alpha value is -4.15. The van der Waals surface area contributed by atoms with E-state index >= 15 is 0 Å². The van der Waals surface area contributed by atoms with Gasteiger partial charge in [-0.3, -0.25) is 19.4 Å². The topological polar surface area (TPSA) is 101 Å². The van der Waals surface area contributed by atoms with Crippen molar-refractivity contribution in [3.05, 3.63) is 90.1 Å². The van der Waals surface area contributed by atoms with Crippen LogP contribution in [0.3, 0.4) is 0 Å². The van der Waals surface area contributed by atoms with Crippen LogP contribution in [0.4, 0.5) is 5.69 Å². The van der Waals surface area contributed by atoms with E-state index in [-0.39, 0.29) is 10.8 Å². The van der Waals surface area contributed by atoms with Gasteiger partial charge >= 0.3 is 0 Å². The molecule has 1 N–H and O–H groups in total. The first-order valence-electron chi connectivity index (χ1n) is 12.6. The van der Waals surface area contributed by atoms with Crippen molar-refractivity contribution in [3.63, 3.8) is 0 Å². The maximum atomic E-state index is 13.1. The van der Waals surface area contributed by atoms with E-state index in [0.29, 0.717) is 36.4 Å². The van der Waals surface area contributed by atoms with Gasteiger partial charge < -0.3 is 14.4 Å². The number of hydrogen-bond donors (Lipinski definition) is 1. The number of benzene rings is 3. The Balaban J connectivity index is 1.21. The van der Waals surface area contributed by atoms with Gasteiger partial charge in [-0.1, -0.05) is 18.2 Å². The normalized spacial score (nSPS) is 14.3. The highest BCUT2D eigenvalue weighted by atomic mass is 32.2. The molecule has 2 heterocycles. The van der Waals surface area contributed by atoms with E-state index in [1.807, 2.05) is 35.2 Å². The molecule has 1 saturated heterocycles. The molecule has 0 atom stereocenters. The highest BCUT2D eigenvalue weighted by Crippen LogP contribution is 2.26. The van der Waals surface area contributed by atoms with E-state index in [1.54, 1.807) is 56.8 Å². The molecule has 0 bridgehead atoms. The third-order valence-corrected chi connectivity index (χ3v) is 8.22. The maximum absolute atomic E-state index is 13.1. The van der Waals surface area contributed by atoms with E-state index in [0.717, 1.165) is 35.5 Å². The van der Waals surface area contributed by atoms with Gasteiger partial charge in [0, 0.05) is 61.1 Å². The number of piperazine rings is 1. The molecule has 0 aliphatic carbocycles. The molecule has 1 aliphatic rings. The highest BCUT2D eigenvalue weighted by Gasteiger charge is 2.24. The Morgan fingerprint density at radius 3 is 2.38 bits per heavy atom.